The zero-order valence-electron chi connectivity index (χ0n) is 11.6. The molecule has 0 heterocycles. The minimum absolute atomic E-state index is 0.118. The Balaban J connectivity index is 1.90. The molecule has 2 rings (SSSR count). The Hall–Kier alpha value is -2.57. The number of phenols is 1. The molecule has 118 valence electrons. The maximum absolute atomic E-state index is 11.7. The zero-order valence-corrected chi connectivity index (χ0v) is 13.1. The largest absolute Gasteiger partial charge is 0.508 e. The summed E-state index contributed by atoms with van der Waals surface area (Å²) in [5, 5.41) is 15.8. The third kappa shape index (κ3) is 4.98. The van der Waals surface area contributed by atoms with E-state index in [2.05, 4.69) is 15.8 Å². The summed E-state index contributed by atoms with van der Waals surface area (Å²) >= 11 is 11.6. The lowest BCUT2D eigenvalue weighted by Crippen LogP contribution is -2.32. The molecule has 0 bridgehead atoms. The zero-order chi connectivity index (χ0) is 16.8. The van der Waals surface area contributed by atoms with Crippen LogP contribution in [0, 0.1) is 0 Å². The SMILES string of the molecule is O=C(N/N=C/c1ccc(O)cc1)C(=O)Nc1ccc(Cl)c(Cl)c1. The Morgan fingerprint density at radius 1 is 1.00 bits per heavy atom. The van der Waals surface area contributed by atoms with Crippen molar-refractivity contribution >= 4 is 46.9 Å². The van der Waals surface area contributed by atoms with E-state index in [9.17, 15) is 9.59 Å². The number of amides is 2. The number of nitrogens with zero attached hydrogens (tertiary/aromatic N) is 1. The van der Waals surface area contributed by atoms with E-state index < -0.39 is 11.8 Å². The number of hydrazone groups is 1. The van der Waals surface area contributed by atoms with Gasteiger partial charge < -0.3 is 10.4 Å². The third-order valence-electron chi connectivity index (χ3n) is 2.66. The molecule has 0 fully saturated rings. The highest BCUT2D eigenvalue weighted by molar-refractivity contribution is 6.42. The van der Waals surface area contributed by atoms with E-state index in [-0.39, 0.29) is 10.8 Å². The van der Waals surface area contributed by atoms with E-state index in [0.29, 0.717) is 16.3 Å². The Morgan fingerprint density at radius 3 is 2.35 bits per heavy atom. The van der Waals surface area contributed by atoms with Crippen LogP contribution in [0.15, 0.2) is 47.6 Å². The van der Waals surface area contributed by atoms with Crippen LogP contribution in [0.4, 0.5) is 5.69 Å². The second-order valence-corrected chi connectivity index (χ2v) is 5.19. The quantitative estimate of drug-likeness (QED) is 0.451. The highest BCUT2D eigenvalue weighted by Crippen LogP contribution is 2.24. The van der Waals surface area contributed by atoms with E-state index in [0.717, 1.165) is 0 Å². The molecule has 2 aromatic carbocycles. The first kappa shape index (κ1) is 16.8. The predicted octanol–water partition coefficient (Wildman–Crippen LogP) is 2.79. The van der Waals surface area contributed by atoms with Crippen molar-refractivity contribution in [1.29, 1.82) is 0 Å². The highest BCUT2D eigenvalue weighted by Gasteiger charge is 2.13. The summed E-state index contributed by atoms with van der Waals surface area (Å²) in [4.78, 5) is 23.3. The second kappa shape index (κ2) is 7.62. The molecule has 0 aliphatic heterocycles. The number of nitrogens with one attached hydrogen (secondary N) is 2. The lowest BCUT2D eigenvalue weighted by Gasteiger charge is -2.05. The van der Waals surface area contributed by atoms with Gasteiger partial charge in [0, 0.05) is 5.69 Å². The van der Waals surface area contributed by atoms with Crippen molar-refractivity contribution in [2.75, 3.05) is 5.32 Å². The van der Waals surface area contributed by atoms with Gasteiger partial charge in [0.15, 0.2) is 0 Å². The van der Waals surface area contributed by atoms with Crippen LogP contribution in [-0.4, -0.2) is 23.1 Å². The monoisotopic (exact) mass is 351 g/mol. The molecule has 0 atom stereocenters. The average molecular weight is 352 g/mol. The molecular weight excluding hydrogens is 341 g/mol. The molecular formula is C15H11Cl2N3O3. The molecule has 8 heteroatoms. The first-order valence-corrected chi connectivity index (χ1v) is 7.10. The van der Waals surface area contributed by atoms with Crippen LogP contribution < -0.4 is 10.7 Å². The molecule has 2 aromatic rings. The van der Waals surface area contributed by atoms with Crippen molar-refractivity contribution in [1.82, 2.24) is 5.43 Å². The maximum Gasteiger partial charge on any atom is 0.329 e. The van der Waals surface area contributed by atoms with E-state index >= 15 is 0 Å². The molecule has 2 amide bonds. The number of aromatic hydroxyl groups is 1. The lowest BCUT2D eigenvalue weighted by molar-refractivity contribution is -0.136. The lowest BCUT2D eigenvalue weighted by atomic mass is 10.2. The summed E-state index contributed by atoms with van der Waals surface area (Å²) < 4.78 is 0. The molecule has 23 heavy (non-hydrogen) atoms. The van der Waals surface area contributed by atoms with Gasteiger partial charge in [-0.25, -0.2) is 5.43 Å². The summed E-state index contributed by atoms with van der Waals surface area (Å²) in [6.45, 7) is 0. The summed E-state index contributed by atoms with van der Waals surface area (Å²) in [6, 6.07) is 10.6. The Labute approximate surface area is 141 Å². The number of carbonyl (C=O) groups excluding carboxylic acids is 2. The van der Waals surface area contributed by atoms with E-state index in [1.165, 1.54) is 36.5 Å². The maximum atomic E-state index is 11.7. The second-order valence-electron chi connectivity index (χ2n) is 4.37. The molecule has 0 unspecified atom stereocenters. The van der Waals surface area contributed by atoms with Crippen molar-refractivity contribution in [3.05, 3.63) is 58.1 Å². The van der Waals surface area contributed by atoms with Gasteiger partial charge in [0.05, 0.1) is 16.3 Å². The molecule has 0 aliphatic rings. The normalized spacial score (nSPS) is 10.5. The number of phenolic OH excluding ortho intramolecular Hbond substituents is 1. The fourth-order valence-corrected chi connectivity index (χ4v) is 1.84. The van der Waals surface area contributed by atoms with E-state index in [1.807, 2.05) is 0 Å². The van der Waals surface area contributed by atoms with Crippen LogP contribution in [0.25, 0.3) is 0 Å². The van der Waals surface area contributed by atoms with Gasteiger partial charge in [0.25, 0.3) is 0 Å². The molecule has 0 radical (unpaired) electrons. The summed E-state index contributed by atoms with van der Waals surface area (Å²) in [5.41, 5.74) is 3.07. The number of hydrogen-bond donors (Lipinski definition) is 3. The van der Waals surface area contributed by atoms with Gasteiger partial charge >= 0.3 is 11.8 Å². The first-order valence-electron chi connectivity index (χ1n) is 6.34. The molecule has 0 aliphatic carbocycles. The Morgan fingerprint density at radius 2 is 1.70 bits per heavy atom. The van der Waals surface area contributed by atoms with Crippen LogP contribution in [0.5, 0.6) is 5.75 Å². The molecule has 0 saturated heterocycles. The fourth-order valence-electron chi connectivity index (χ4n) is 1.54. The minimum Gasteiger partial charge on any atom is -0.508 e. The number of benzene rings is 2. The first-order chi connectivity index (χ1) is 11.0. The van der Waals surface area contributed by atoms with Gasteiger partial charge in [-0.3, -0.25) is 9.59 Å². The number of rotatable bonds is 3. The van der Waals surface area contributed by atoms with Crippen LogP contribution >= 0.6 is 23.2 Å². The summed E-state index contributed by atoms with van der Waals surface area (Å²) in [5.74, 6) is -1.72. The van der Waals surface area contributed by atoms with Gasteiger partial charge in [-0.1, -0.05) is 23.2 Å². The minimum atomic E-state index is -0.939. The van der Waals surface area contributed by atoms with Crippen molar-refractivity contribution in [2.45, 2.75) is 0 Å². The van der Waals surface area contributed by atoms with Gasteiger partial charge in [-0.05, 0) is 48.0 Å². The summed E-state index contributed by atoms with van der Waals surface area (Å²) in [6.07, 6.45) is 1.34. The molecule has 0 saturated carbocycles. The number of hydrogen-bond acceptors (Lipinski definition) is 4. The van der Waals surface area contributed by atoms with Gasteiger partial charge in [-0.2, -0.15) is 5.10 Å². The van der Waals surface area contributed by atoms with E-state index in [1.54, 1.807) is 12.1 Å². The van der Waals surface area contributed by atoms with Gasteiger partial charge in [0.1, 0.15) is 5.75 Å². The summed E-state index contributed by atoms with van der Waals surface area (Å²) in [7, 11) is 0. The Bertz CT molecular complexity index is 761. The highest BCUT2D eigenvalue weighted by atomic mass is 35.5. The Kier molecular flexibility index (Phi) is 5.56. The molecule has 3 N–H and O–H groups in total. The molecule has 6 nitrogen and oxygen atoms in total. The molecule has 0 spiro atoms. The van der Waals surface area contributed by atoms with Crippen LogP contribution in [0.2, 0.25) is 10.0 Å². The van der Waals surface area contributed by atoms with Crippen LogP contribution in [0.3, 0.4) is 0 Å². The van der Waals surface area contributed by atoms with Crippen molar-refractivity contribution < 1.29 is 14.7 Å². The van der Waals surface area contributed by atoms with Crippen molar-refractivity contribution in [3.8, 4) is 5.75 Å². The predicted molar refractivity (Wildman–Crippen MR) is 88.9 cm³/mol. The average Bonchev–Trinajstić information content (AvgIpc) is 2.52. The fraction of sp³-hybridized carbons (Fsp3) is 0. The topological polar surface area (TPSA) is 90.8 Å². The van der Waals surface area contributed by atoms with Crippen molar-refractivity contribution in [2.24, 2.45) is 5.10 Å². The number of halogens is 2. The third-order valence-corrected chi connectivity index (χ3v) is 3.40. The standard InChI is InChI=1S/C15H11Cl2N3O3/c16-12-6-3-10(7-13(12)17)19-14(22)15(23)20-18-8-9-1-4-11(21)5-2-9/h1-8,21H,(H,19,22)(H,20,23)/b18-8+. The smallest absolute Gasteiger partial charge is 0.329 e. The number of anilines is 1. The number of carbonyl (C=O) groups is 2. The molecule has 0 aromatic heterocycles. The van der Waals surface area contributed by atoms with Crippen molar-refractivity contribution in [3.63, 3.8) is 0 Å². The van der Waals surface area contributed by atoms with Crippen LogP contribution in [-0.2, 0) is 9.59 Å². The van der Waals surface area contributed by atoms with Gasteiger partial charge in [-0.15, -0.1) is 0 Å². The van der Waals surface area contributed by atoms with Gasteiger partial charge in [0.2, 0.25) is 0 Å². The van der Waals surface area contributed by atoms with E-state index in [4.69, 9.17) is 28.3 Å². The van der Waals surface area contributed by atoms with Crippen LogP contribution in [0.1, 0.15) is 5.56 Å².